The van der Waals surface area contributed by atoms with Crippen LogP contribution in [0.25, 0.3) is 0 Å². The lowest BCUT2D eigenvalue weighted by Gasteiger charge is -2.44. The molecule has 1 aromatic heterocycles. The maximum Gasteiger partial charge on any atom is 0.178 e. The molecular formula is C26H28N4. The molecule has 3 aromatic rings. The minimum atomic E-state index is 0.106. The normalized spacial score (nSPS) is 21.9. The molecule has 0 fully saturated rings. The maximum absolute atomic E-state index is 5.13. The first-order chi connectivity index (χ1) is 14.6. The van der Waals surface area contributed by atoms with Crippen LogP contribution in [0.1, 0.15) is 37.9 Å². The number of aromatic nitrogens is 2. The largest absolute Gasteiger partial charge is 0.302 e. The Hall–Kier alpha value is -3.14. The molecule has 2 aliphatic rings. The summed E-state index contributed by atoms with van der Waals surface area (Å²) < 4.78 is 0. The third-order valence-corrected chi connectivity index (χ3v) is 6.27. The lowest BCUT2D eigenvalue weighted by Crippen LogP contribution is -2.48. The molecule has 3 atom stereocenters. The molecule has 5 rings (SSSR count). The third kappa shape index (κ3) is 2.82. The van der Waals surface area contributed by atoms with Crippen LogP contribution in [0.3, 0.4) is 0 Å². The van der Waals surface area contributed by atoms with Crippen molar-refractivity contribution in [3.63, 3.8) is 0 Å². The van der Waals surface area contributed by atoms with Crippen LogP contribution in [0.15, 0.2) is 73.4 Å². The second-order valence-electron chi connectivity index (χ2n) is 8.78. The zero-order valence-corrected chi connectivity index (χ0v) is 17.9. The van der Waals surface area contributed by atoms with Gasteiger partial charge in [0.25, 0.3) is 0 Å². The summed E-state index contributed by atoms with van der Waals surface area (Å²) >= 11 is 0. The maximum atomic E-state index is 5.13. The summed E-state index contributed by atoms with van der Waals surface area (Å²) in [5.74, 6) is 3.03. The molecule has 0 saturated heterocycles. The van der Waals surface area contributed by atoms with Crippen LogP contribution in [-0.4, -0.2) is 16.1 Å². The quantitative estimate of drug-likeness (QED) is 0.491. The number of benzene rings is 2. The highest BCUT2D eigenvalue weighted by molar-refractivity contribution is 5.86. The Morgan fingerprint density at radius 1 is 1.00 bits per heavy atom. The Morgan fingerprint density at radius 3 is 2.47 bits per heavy atom. The van der Waals surface area contributed by atoms with Gasteiger partial charge in [0.15, 0.2) is 11.6 Å². The monoisotopic (exact) mass is 396 g/mol. The summed E-state index contributed by atoms with van der Waals surface area (Å²) in [5.41, 5.74) is 4.72. The van der Waals surface area contributed by atoms with E-state index in [1.54, 1.807) is 0 Å². The van der Waals surface area contributed by atoms with E-state index in [9.17, 15) is 0 Å². The smallest absolute Gasteiger partial charge is 0.178 e. The van der Waals surface area contributed by atoms with Gasteiger partial charge in [-0.1, -0.05) is 63.2 Å². The average molecular weight is 397 g/mol. The molecule has 0 N–H and O–H groups in total. The standard InChI is InChI=1S/C26H28N4/c1-5-21-18(4)26-29(20-11-7-6-8-12-20)24-25(28-19(16-27-24)15-17(2)3)30(26)23-14-10-9-13-22(21)23/h5-14,16-18,21,26H,1,15H2,2-4H3. The molecule has 0 amide bonds. The van der Waals surface area contributed by atoms with Crippen molar-refractivity contribution in [1.29, 1.82) is 0 Å². The molecule has 0 spiro atoms. The summed E-state index contributed by atoms with van der Waals surface area (Å²) in [6, 6.07) is 19.2. The molecule has 2 aliphatic heterocycles. The first-order valence-corrected chi connectivity index (χ1v) is 10.8. The average Bonchev–Trinajstić information content (AvgIpc) is 3.09. The van der Waals surface area contributed by atoms with E-state index in [4.69, 9.17) is 9.97 Å². The number of nitrogens with zero attached hydrogens (tertiary/aromatic N) is 4. The zero-order valence-electron chi connectivity index (χ0n) is 17.9. The van der Waals surface area contributed by atoms with Crippen molar-refractivity contribution < 1.29 is 0 Å². The van der Waals surface area contributed by atoms with Crippen LogP contribution in [-0.2, 0) is 6.42 Å². The molecule has 0 radical (unpaired) electrons. The Bertz CT molecular complexity index is 1080. The van der Waals surface area contributed by atoms with Crippen molar-refractivity contribution in [3.8, 4) is 0 Å². The minimum Gasteiger partial charge on any atom is -0.302 e. The second-order valence-corrected chi connectivity index (χ2v) is 8.78. The van der Waals surface area contributed by atoms with E-state index in [0.717, 1.165) is 29.4 Å². The Labute approximate surface area is 178 Å². The SMILES string of the molecule is C=CC1c2ccccc2N2c3nc(CC(C)C)cnc3N(c3ccccc3)C2C1C. The number of para-hydroxylation sites is 2. The van der Waals surface area contributed by atoms with Gasteiger partial charge in [0.05, 0.1) is 11.9 Å². The van der Waals surface area contributed by atoms with E-state index < -0.39 is 0 Å². The van der Waals surface area contributed by atoms with Gasteiger partial charge >= 0.3 is 0 Å². The fourth-order valence-electron chi connectivity index (χ4n) is 5.01. The highest BCUT2D eigenvalue weighted by atomic mass is 15.5. The molecule has 30 heavy (non-hydrogen) atoms. The van der Waals surface area contributed by atoms with Gasteiger partial charge in [-0.25, -0.2) is 9.97 Å². The molecule has 3 unspecified atom stereocenters. The fourth-order valence-corrected chi connectivity index (χ4v) is 5.01. The fraction of sp³-hybridized carbons (Fsp3) is 0.308. The Morgan fingerprint density at radius 2 is 1.73 bits per heavy atom. The van der Waals surface area contributed by atoms with E-state index in [1.165, 1.54) is 11.3 Å². The minimum absolute atomic E-state index is 0.106. The molecule has 0 bridgehead atoms. The molecule has 2 aromatic carbocycles. The van der Waals surface area contributed by atoms with Gasteiger partial charge in [0.2, 0.25) is 0 Å². The molecule has 152 valence electrons. The number of hydrogen-bond donors (Lipinski definition) is 0. The zero-order chi connectivity index (χ0) is 20.8. The first-order valence-electron chi connectivity index (χ1n) is 10.8. The van der Waals surface area contributed by atoms with Gasteiger partial charge in [-0.05, 0) is 36.1 Å². The van der Waals surface area contributed by atoms with Gasteiger partial charge in [-0.15, -0.1) is 6.58 Å². The van der Waals surface area contributed by atoms with Crippen LogP contribution in [0.2, 0.25) is 0 Å². The van der Waals surface area contributed by atoms with E-state index >= 15 is 0 Å². The van der Waals surface area contributed by atoms with Crippen LogP contribution in [0, 0.1) is 11.8 Å². The van der Waals surface area contributed by atoms with Crippen molar-refractivity contribution in [2.75, 3.05) is 9.80 Å². The number of allylic oxidation sites excluding steroid dienone is 1. The van der Waals surface area contributed by atoms with Crippen molar-refractivity contribution in [2.45, 2.75) is 39.3 Å². The lowest BCUT2D eigenvalue weighted by atomic mass is 9.80. The molecule has 0 aliphatic carbocycles. The molecule has 0 saturated carbocycles. The van der Waals surface area contributed by atoms with E-state index in [-0.39, 0.29) is 12.1 Å². The topological polar surface area (TPSA) is 32.3 Å². The van der Waals surface area contributed by atoms with E-state index in [0.29, 0.717) is 11.8 Å². The summed E-state index contributed by atoms with van der Waals surface area (Å²) in [6.45, 7) is 10.9. The van der Waals surface area contributed by atoms with Gasteiger partial charge in [-0.3, -0.25) is 0 Å². The van der Waals surface area contributed by atoms with Crippen LogP contribution >= 0.6 is 0 Å². The van der Waals surface area contributed by atoms with E-state index in [2.05, 4.69) is 97.8 Å². The molecule has 4 heteroatoms. The van der Waals surface area contributed by atoms with Gasteiger partial charge in [-0.2, -0.15) is 0 Å². The Kier molecular flexibility index (Phi) is 4.58. The molecule has 4 nitrogen and oxygen atoms in total. The van der Waals surface area contributed by atoms with Gasteiger partial charge in [0, 0.05) is 23.2 Å². The van der Waals surface area contributed by atoms with Crippen molar-refractivity contribution in [1.82, 2.24) is 9.97 Å². The van der Waals surface area contributed by atoms with Crippen LogP contribution in [0.5, 0.6) is 0 Å². The highest BCUT2D eigenvalue weighted by Crippen LogP contribution is 2.54. The number of rotatable bonds is 4. The van der Waals surface area contributed by atoms with Crippen LogP contribution < -0.4 is 9.80 Å². The summed E-state index contributed by atoms with van der Waals surface area (Å²) in [7, 11) is 0. The lowest BCUT2D eigenvalue weighted by molar-refractivity contribution is 0.408. The summed E-state index contributed by atoms with van der Waals surface area (Å²) in [6.07, 6.45) is 5.08. The van der Waals surface area contributed by atoms with E-state index in [1.807, 2.05) is 6.20 Å². The van der Waals surface area contributed by atoms with Crippen molar-refractivity contribution in [3.05, 3.63) is 84.7 Å². The van der Waals surface area contributed by atoms with Crippen LogP contribution in [0.4, 0.5) is 23.0 Å². The predicted molar refractivity (Wildman–Crippen MR) is 124 cm³/mol. The van der Waals surface area contributed by atoms with Gasteiger partial charge in [0.1, 0.15) is 6.17 Å². The Balaban J connectivity index is 1.75. The van der Waals surface area contributed by atoms with Crippen molar-refractivity contribution in [2.24, 2.45) is 11.8 Å². The van der Waals surface area contributed by atoms with Gasteiger partial charge < -0.3 is 9.80 Å². The number of anilines is 4. The number of hydrogen-bond acceptors (Lipinski definition) is 4. The first kappa shape index (κ1) is 18.9. The van der Waals surface area contributed by atoms with Crippen molar-refractivity contribution >= 4 is 23.0 Å². The molecule has 3 heterocycles. The third-order valence-electron chi connectivity index (χ3n) is 6.27. The predicted octanol–water partition coefficient (Wildman–Crippen LogP) is 6.21. The number of fused-ring (bicyclic) bond motifs is 5. The summed E-state index contributed by atoms with van der Waals surface area (Å²) in [4.78, 5) is 14.8. The second kappa shape index (κ2) is 7.28. The summed E-state index contributed by atoms with van der Waals surface area (Å²) in [5, 5.41) is 0. The highest BCUT2D eigenvalue weighted by Gasteiger charge is 2.48. The molecular weight excluding hydrogens is 368 g/mol.